The topological polar surface area (TPSA) is 107 Å². The van der Waals surface area contributed by atoms with Crippen LogP contribution in [0.15, 0.2) is 51.4 Å². The standard InChI is InChI=1S/C19H21BrN2O3.C9H9BrO4/c1-22-8-7-13-12(11-22)5-4-6-16(13)21-19(23)14-9-15(20)18(25-3)10-17(14)24-2;1-13-7-4-8(14-2)6(10)3-5(7)9(11)12/h4-6,9-10H,7-8,11H2,1-3H3,(H,21,23);3-4H,1-2H3,(H,11,12). The molecule has 0 spiro atoms. The maximum atomic E-state index is 12.8. The summed E-state index contributed by atoms with van der Waals surface area (Å²) < 4.78 is 21.8. The molecule has 0 unspecified atom stereocenters. The number of carbonyl (C=O) groups excluding carboxylic acids is 1. The minimum atomic E-state index is -1.04. The highest BCUT2D eigenvalue weighted by molar-refractivity contribution is 9.10. The van der Waals surface area contributed by atoms with Crippen molar-refractivity contribution in [3.63, 3.8) is 0 Å². The summed E-state index contributed by atoms with van der Waals surface area (Å²) in [7, 11) is 8.13. The number of carboxylic acid groups (broad SMARTS) is 1. The lowest BCUT2D eigenvalue weighted by Gasteiger charge is -2.26. The van der Waals surface area contributed by atoms with Gasteiger partial charge in [-0.25, -0.2) is 4.79 Å². The number of carbonyl (C=O) groups is 2. The van der Waals surface area contributed by atoms with Crippen LogP contribution in [-0.4, -0.2) is 63.9 Å². The molecule has 0 atom stereocenters. The van der Waals surface area contributed by atoms with Crippen molar-refractivity contribution in [2.45, 2.75) is 13.0 Å². The fourth-order valence-electron chi connectivity index (χ4n) is 4.12. The second kappa shape index (κ2) is 13.7. The van der Waals surface area contributed by atoms with Gasteiger partial charge in [0.05, 0.1) is 42.9 Å². The normalized spacial score (nSPS) is 12.4. The number of fused-ring (bicyclic) bond motifs is 1. The van der Waals surface area contributed by atoms with Gasteiger partial charge in [0.15, 0.2) is 0 Å². The first kappa shape index (κ1) is 30.3. The van der Waals surface area contributed by atoms with E-state index in [2.05, 4.69) is 55.2 Å². The highest BCUT2D eigenvalue weighted by Crippen LogP contribution is 2.34. The van der Waals surface area contributed by atoms with Crippen molar-refractivity contribution in [3.8, 4) is 23.0 Å². The molecule has 0 fully saturated rings. The summed E-state index contributed by atoms with van der Waals surface area (Å²) in [6, 6.07) is 12.4. The molecular formula is C28H30Br2N2O7. The summed E-state index contributed by atoms with van der Waals surface area (Å²) in [5, 5.41) is 11.9. The zero-order valence-corrected chi connectivity index (χ0v) is 25.4. The van der Waals surface area contributed by atoms with E-state index in [-0.39, 0.29) is 17.2 Å². The van der Waals surface area contributed by atoms with Gasteiger partial charge in [0.2, 0.25) is 0 Å². The molecule has 1 aliphatic rings. The van der Waals surface area contributed by atoms with Gasteiger partial charge < -0.3 is 34.3 Å². The molecule has 1 aliphatic heterocycles. The molecule has 1 heterocycles. The van der Waals surface area contributed by atoms with Crippen molar-refractivity contribution >= 4 is 49.4 Å². The first-order valence-electron chi connectivity index (χ1n) is 11.8. The Hall–Kier alpha value is -3.28. The van der Waals surface area contributed by atoms with Gasteiger partial charge in [0, 0.05) is 30.9 Å². The van der Waals surface area contributed by atoms with Gasteiger partial charge in [0.25, 0.3) is 5.91 Å². The Bertz CT molecular complexity index is 1360. The van der Waals surface area contributed by atoms with Crippen LogP contribution in [0.1, 0.15) is 31.8 Å². The smallest absolute Gasteiger partial charge is 0.339 e. The highest BCUT2D eigenvalue weighted by atomic mass is 79.9. The summed E-state index contributed by atoms with van der Waals surface area (Å²) >= 11 is 6.62. The molecule has 9 nitrogen and oxygen atoms in total. The van der Waals surface area contributed by atoms with Crippen LogP contribution in [0.25, 0.3) is 0 Å². The quantitative estimate of drug-likeness (QED) is 0.323. The monoisotopic (exact) mass is 664 g/mol. The molecule has 0 aromatic heterocycles. The van der Waals surface area contributed by atoms with Crippen molar-refractivity contribution in [3.05, 3.63) is 73.7 Å². The van der Waals surface area contributed by atoms with E-state index in [0.29, 0.717) is 31.8 Å². The molecule has 0 saturated carbocycles. The Kier molecular flexibility index (Phi) is 10.6. The van der Waals surface area contributed by atoms with Crippen LogP contribution in [0.2, 0.25) is 0 Å². The zero-order valence-electron chi connectivity index (χ0n) is 22.3. The van der Waals surface area contributed by atoms with Gasteiger partial charge in [-0.05, 0) is 74.7 Å². The van der Waals surface area contributed by atoms with Gasteiger partial charge in [0.1, 0.15) is 28.6 Å². The third-order valence-corrected chi connectivity index (χ3v) is 7.37. The number of nitrogens with zero attached hydrogens (tertiary/aromatic N) is 1. The third-order valence-electron chi connectivity index (χ3n) is 6.13. The van der Waals surface area contributed by atoms with Crippen LogP contribution in [0.4, 0.5) is 5.69 Å². The van der Waals surface area contributed by atoms with Crippen molar-refractivity contribution in [2.24, 2.45) is 0 Å². The van der Waals surface area contributed by atoms with Crippen molar-refractivity contribution < 1.29 is 33.6 Å². The van der Waals surface area contributed by atoms with Crippen molar-refractivity contribution in [1.29, 1.82) is 0 Å². The Labute approximate surface area is 244 Å². The second-order valence-corrected chi connectivity index (χ2v) is 10.3. The highest BCUT2D eigenvalue weighted by Gasteiger charge is 2.20. The summed E-state index contributed by atoms with van der Waals surface area (Å²) in [5.41, 5.74) is 3.89. The summed E-state index contributed by atoms with van der Waals surface area (Å²) in [5.74, 6) is 0.665. The summed E-state index contributed by atoms with van der Waals surface area (Å²) in [6.45, 7) is 1.88. The van der Waals surface area contributed by atoms with Crippen LogP contribution in [0, 0.1) is 0 Å². The van der Waals surface area contributed by atoms with E-state index in [1.165, 1.54) is 37.5 Å². The minimum Gasteiger partial charge on any atom is -0.496 e. The fourth-order valence-corrected chi connectivity index (χ4v) is 5.13. The minimum absolute atomic E-state index is 0.0974. The van der Waals surface area contributed by atoms with Crippen molar-refractivity contribution in [1.82, 2.24) is 4.90 Å². The first-order chi connectivity index (χ1) is 18.6. The maximum Gasteiger partial charge on any atom is 0.339 e. The lowest BCUT2D eigenvalue weighted by Crippen LogP contribution is -2.27. The number of nitrogens with one attached hydrogen (secondary N) is 1. The second-order valence-electron chi connectivity index (χ2n) is 8.56. The number of hydrogen-bond donors (Lipinski definition) is 2. The van der Waals surface area contributed by atoms with E-state index in [9.17, 15) is 9.59 Å². The number of rotatable bonds is 7. The van der Waals surface area contributed by atoms with E-state index in [1.54, 1.807) is 26.4 Å². The number of amides is 1. The summed E-state index contributed by atoms with van der Waals surface area (Å²) in [6.07, 6.45) is 0.922. The van der Waals surface area contributed by atoms with Crippen LogP contribution >= 0.6 is 31.9 Å². The molecule has 0 aliphatic carbocycles. The average Bonchev–Trinajstić information content (AvgIpc) is 2.92. The lowest BCUT2D eigenvalue weighted by atomic mass is 9.98. The first-order valence-corrected chi connectivity index (χ1v) is 13.4. The van der Waals surface area contributed by atoms with Gasteiger partial charge in [-0.3, -0.25) is 4.79 Å². The molecule has 0 radical (unpaired) electrons. The van der Waals surface area contributed by atoms with Gasteiger partial charge in [-0.2, -0.15) is 0 Å². The molecule has 0 bridgehead atoms. The molecule has 2 N–H and O–H groups in total. The maximum absolute atomic E-state index is 12.8. The Morgan fingerprint density at radius 3 is 1.92 bits per heavy atom. The van der Waals surface area contributed by atoms with Gasteiger partial charge in [-0.15, -0.1) is 0 Å². The van der Waals surface area contributed by atoms with E-state index in [1.807, 2.05) is 12.1 Å². The predicted octanol–water partition coefficient (Wildman–Crippen LogP) is 5.87. The lowest BCUT2D eigenvalue weighted by molar-refractivity contribution is 0.0693. The van der Waals surface area contributed by atoms with Crippen LogP contribution < -0.4 is 24.3 Å². The SMILES string of the molecule is COc1cc(OC)c(C(=O)Nc2cccc3c2CCN(C)C3)cc1Br.COc1cc(OC)c(C(=O)O)cc1Br. The number of anilines is 1. The van der Waals surface area contributed by atoms with Gasteiger partial charge in [-0.1, -0.05) is 12.1 Å². The molecular weight excluding hydrogens is 636 g/mol. The fraction of sp³-hybridized carbons (Fsp3) is 0.286. The average molecular weight is 666 g/mol. The van der Waals surface area contributed by atoms with Crippen molar-refractivity contribution in [2.75, 3.05) is 47.3 Å². The number of likely N-dealkylation sites (N-methyl/N-ethyl adjacent to an activating group) is 1. The Morgan fingerprint density at radius 1 is 0.846 bits per heavy atom. The Morgan fingerprint density at radius 2 is 1.38 bits per heavy atom. The number of ether oxygens (including phenoxy) is 4. The molecule has 3 aromatic carbocycles. The Balaban J connectivity index is 0.000000255. The number of carboxylic acids is 1. The summed E-state index contributed by atoms with van der Waals surface area (Å²) in [4.78, 5) is 25.9. The van der Waals surface area contributed by atoms with E-state index >= 15 is 0 Å². The molecule has 0 saturated heterocycles. The van der Waals surface area contributed by atoms with E-state index in [0.717, 1.165) is 25.2 Å². The number of methoxy groups -OCH3 is 4. The van der Waals surface area contributed by atoms with Crippen LogP contribution in [-0.2, 0) is 13.0 Å². The molecule has 1 amide bonds. The zero-order chi connectivity index (χ0) is 28.7. The van der Waals surface area contributed by atoms with Crippen LogP contribution in [0.5, 0.6) is 23.0 Å². The van der Waals surface area contributed by atoms with E-state index < -0.39 is 5.97 Å². The third kappa shape index (κ3) is 7.23. The molecule has 11 heteroatoms. The molecule has 208 valence electrons. The largest absolute Gasteiger partial charge is 0.496 e. The van der Waals surface area contributed by atoms with Crippen LogP contribution in [0.3, 0.4) is 0 Å². The number of hydrogen-bond acceptors (Lipinski definition) is 7. The number of halogens is 2. The van der Waals surface area contributed by atoms with Gasteiger partial charge >= 0.3 is 5.97 Å². The molecule has 3 aromatic rings. The molecule has 39 heavy (non-hydrogen) atoms. The van der Waals surface area contributed by atoms with E-state index in [4.69, 9.17) is 24.1 Å². The number of benzene rings is 3. The predicted molar refractivity (Wildman–Crippen MR) is 156 cm³/mol. The molecule has 4 rings (SSSR count). The number of aromatic carboxylic acids is 1.